The fourth-order valence-corrected chi connectivity index (χ4v) is 4.84. The molecule has 1 amide bonds. The van der Waals surface area contributed by atoms with E-state index in [1.54, 1.807) is 6.20 Å². The number of carbonyl (C=O) groups excluding carboxylic acids is 1. The molecule has 0 bridgehead atoms. The maximum absolute atomic E-state index is 12.5. The number of piperidine rings is 1. The summed E-state index contributed by atoms with van der Waals surface area (Å²) in [7, 11) is 0. The molecule has 2 aliphatic heterocycles. The summed E-state index contributed by atoms with van der Waals surface area (Å²) >= 11 is 1.81. The molecule has 1 atom stereocenters. The molecule has 4 heterocycles. The minimum absolute atomic E-state index is 0.0767. The van der Waals surface area contributed by atoms with E-state index >= 15 is 0 Å². The highest BCUT2D eigenvalue weighted by molar-refractivity contribution is 7.09. The molecule has 1 spiro atoms. The van der Waals surface area contributed by atoms with Gasteiger partial charge in [-0.2, -0.15) is 0 Å². The van der Waals surface area contributed by atoms with Crippen LogP contribution >= 0.6 is 11.3 Å². The molecule has 0 radical (unpaired) electrons. The Morgan fingerprint density at radius 1 is 1.27 bits per heavy atom. The van der Waals surface area contributed by atoms with Crippen LogP contribution in [0.5, 0.6) is 0 Å². The minimum atomic E-state index is -0.220. The van der Waals surface area contributed by atoms with Crippen molar-refractivity contribution in [1.82, 2.24) is 14.8 Å². The van der Waals surface area contributed by atoms with E-state index in [1.807, 2.05) is 34.6 Å². The molecule has 2 aromatic heterocycles. The van der Waals surface area contributed by atoms with Crippen molar-refractivity contribution in [1.29, 1.82) is 0 Å². The number of hydrogen-bond acceptors (Lipinski definition) is 5. The Morgan fingerprint density at radius 3 is 2.81 bits per heavy atom. The lowest BCUT2D eigenvalue weighted by Gasteiger charge is -2.51. The fraction of sp³-hybridized carbons (Fsp3) is 0.500. The highest BCUT2D eigenvalue weighted by Gasteiger charge is 2.47. The second kappa shape index (κ2) is 7.47. The molecule has 0 N–H and O–H groups in total. The molecule has 26 heavy (non-hydrogen) atoms. The summed E-state index contributed by atoms with van der Waals surface area (Å²) in [6.07, 6.45) is 5.54. The predicted octanol–water partition coefficient (Wildman–Crippen LogP) is 2.93. The maximum atomic E-state index is 12.5. The van der Waals surface area contributed by atoms with Crippen molar-refractivity contribution in [3.63, 3.8) is 0 Å². The van der Waals surface area contributed by atoms with Crippen molar-refractivity contribution in [2.75, 3.05) is 19.7 Å². The van der Waals surface area contributed by atoms with E-state index in [0.717, 1.165) is 38.0 Å². The first-order valence-corrected chi connectivity index (χ1v) is 10.1. The van der Waals surface area contributed by atoms with Crippen LogP contribution in [0, 0.1) is 0 Å². The van der Waals surface area contributed by atoms with Crippen molar-refractivity contribution in [2.45, 2.75) is 44.5 Å². The van der Waals surface area contributed by atoms with Gasteiger partial charge >= 0.3 is 0 Å². The lowest BCUT2D eigenvalue weighted by atomic mass is 9.82. The first kappa shape index (κ1) is 17.6. The summed E-state index contributed by atoms with van der Waals surface area (Å²) in [6.45, 7) is 5.98. The second-order valence-corrected chi connectivity index (χ2v) is 8.30. The summed E-state index contributed by atoms with van der Waals surface area (Å²) in [4.78, 5) is 22.5. The number of thiophene rings is 1. The topological polar surface area (TPSA) is 45.7 Å². The monoisotopic (exact) mass is 371 g/mol. The third-order valence-corrected chi connectivity index (χ3v) is 6.63. The molecule has 0 aromatic carbocycles. The molecule has 0 saturated carbocycles. The Balaban J connectivity index is 1.42. The lowest BCUT2D eigenvalue weighted by molar-refractivity contribution is -0.188. The summed E-state index contributed by atoms with van der Waals surface area (Å²) < 4.78 is 6.15. The van der Waals surface area contributed by atoms with Crippen LogP contribution in [0.25, 0.3) is 0 Å². The Morgan fingerprint density at radius 2 is 2.12 bits per heavy atom. The van der Waals surface area contributed by atoms with Gasteiger partial charge in [0.05, 0.1) is 11.6 Å². The van der Waals surface area contributed by atoms with E-state index in [9.17, 15) is 4.79 Å². The predicted molar refractivity (Wildman–Crippen MR) is 102 cm³/mol. The standard InChI is InChI=1S/C20H25N3O2S/c1-16-20(6-9-22(10-7-20)14-18-5-3-11-26-18)25-15-19(24)23(16)13-17-4-2-8-21-12-17/h2-5,8,11-12,16H,6-7,9-10,13-15H2,1H3/t16-/m0/s1. The van der Waals surface area contributed by atoms with E-state index < -0.39 is 0 Å². The number of amides is 1. The highest BCUT2D eigenvalue weighted by Crippen LogP contribution is 2.36. The summed E-state index contributed by atoms with van der Waals surface area (Å²) in [5.41, 5.74) is 0.849. The Labute approximate surface area is 158 Å². The van der Waals surface area contributed by atoms with Gasteiger partial charge in [-0.15, -0.1) is 11.3 Å². The number of ether oxygens (including phenoxy) is 1. The molecule has 0 unspecified atom stereocenters. The molecular weight excluding hydrogens is 346 g/mol. The van der Waals surface area contributed by atoms with Gasteiger partial charge in [0.25, 0.3) is 0 Å². The molecule has 2 saturated heterocycles. The molecule has 2 fully saturated rings. The fourth-order valence-electron chi connectivity index (χ4n) is 4.10. The third kappa shape index (κ3) is 3.54. The van der Waals surface area contributed by atoms with Gasteiger partial charge < -0.3 is 9.64 Å². The molecule has 2 aromatic rings. The van der Waals surface area contributed by atoms with E-state index in [4.69, 9.17) is 4.74 Å². The number of aromatic nitrogens is 1. The third-order valence-electron chi connectivity index (χ3n) is 5.77. The number of nitrogens with zero attached hydrogens (tertiary/aromatic N) is 3. The van der Waals surface area contributed by atoms with Crippen LogP contribution in [0.4, 0.5) is 0 Å². The Hall–Kier alpha value is -1.76. The van der Waals surface area contributed by atoms with Gasteiger partial charge in [0, 0.05) is 43.4 Å². The van der Waals surface area contributed by atoms with Crippen LogP contribution in [0.2, 0.25) is 0 Å². The van der Waals surface area contributed by atoms with Gasteiger partial charge in [-0.3, -0.25) is 14.7 Å². The van der Waals surface area contributed by atoms with Crippen molar-refractivity contribution in [3.8, 4) is 0 Å². The maximum Gasteiger partial charge on any atom is 0.249 e. The van der Waals surface area contributed by atoms with E-state index in [2.05, 4.69) is 34.3 Å². The first-order chi connectivity index (χ1) is 12.7. The van der Waals surface area contributed by atoms with Crippen molar-refractivity contribution in [2.24, 2.45) is 0 Å². The number of pyridine rings is 1. The molecule has 6 heteroatoms. The zero-order valence-electron chi connectivity index (χ0n) is 15.1. The second-order valence-electron chi connectivity index (χ2n) is 7.27. The van der Waals surface area contributed by atoms with E-state index in [0.29, 0.717) is 6.54 Å². The minimum Gasteiger partial charge on any atom is -0.363 e. The molecule has 4 rings (SSSR count). The Bertz CT molecular complexity index is 727. The van der Waals surface area contributed by atoms with Crippen molar-refractivity contribution >= 4 is 17.2 Å². The largest absolute Gasteiger partial charge is 0.363 e. The van der Waals surface area contributed by atoms with Crippen LogP contribution in [-0.2, 0) is 22.6 Å². The number of morpholine rings is 1. The van der Waals surface area contributed by atoms with Crippen LogP contribution in [0.15, 0.2) is 42.0 Å². The van der Waals surface area contributed by atoms with Gasteiger partial charge in [0.15, 0.2) is 0 Å². The van der Waals surface area contributed by atoms with Gasteiger partial charge in [-0.05, 0) is 42.8 Å². The van der Waals surface area contributed by atoms with Crippen molar-refractivity contribution in [3.05, 3.63) is 52.5 Å². The van der Waals surface area contributed by atoms with Crippen LogP contribution in [-0.4, -0.2) is 52.0 Å². The summed E-state index contributed by atoms with van der Waals surface area (Å²) in [5, 5.41) is 2.13. The lowest BCUT2D eigenvalue weighted by Crippen LogP contribution is -2.63. The van der Waals surface area contributed by atoms with E-state index in [-0.39, 0.29) is 24.2 Å². The Kier molecular flexibility index (Phi) is 5.07. The van der Waals surface area contributed by atoms with Crippen molar-refractivity contribution < 1.29 is 9.53 Å². The normalized spacial score (nSPS) is 23.5. The number of likely N-dealkylation sites (tertiary alicyclic amines) is 1. The number of carbonyl (C=O) groups is 1. The molecule has 2 aliphatic rings. The average molecular weight is 372 g/mol. The van der Waals surface area contributed by atoms with Gasteiger partial charge in [-0.1, -0.05) is 12.1 Å². The number of hydrogen-bond donors (Lipinski definition) is 0. The average Bonchev–Trinajstić information content (AvgIpc) is 3.18. The quantitative estimate of drug-likeness (QED) is 0.829. The van der Waals surface area contributed by atoms with Crippen LogP contribution < -0.4 is 0 Å². The molecular formula is C20H25N3O2S. The molecule has 138 valence electrons. The van der Waals surface area contributed by atoms with Crippen LogP contribution in [0.3, 0.4) is 0 Å². The molecule has 0 aliphatic carbocycles. The first-order valence-electron chi connectivity index (χ1n) is 9.23. The number of rotatable bonds is 4. The zero-order valence-corrected chi connectivity index (χ0v) is 16.0. The zero-order chi connectivity index (χ0) is 18.0. The van der Waals surface area contributed by atoms with Gasteiger partial charge in [0.1, 0.15) is 6.61 Å². The van der Waals surface area contributed by atoms with Crippen LogP contribution in [0.1, 0.15) is 30.2 Å². The smallest absolute Gasteiger partial charge is 0.249 e. The highest BCUT2D eigenvalue weighted by atomic mass is 32.1. The SMILES string of the molecule is C[C@@H]1N(Cc2cccnc2)C(=O)COC12CCN(Cc1cccs1)CC2. The summed E-state index contributed by atoms with van der Waals surface area (Å²) in [6, 6.07) is 8.33. The van der Waals surface area contributed by atoms with Gasteiger partial charge in [0.2, 0.25) is 5.91 Å². The van der Waals surface area contributed by atoms with E-state index in [1.165, 1.54) is 4.88 Å². The summed E-state index contributed by atoms with van der Waals surface area (Å²) in [5.74, 6) is 0.0768. The molecule has 5 nitrogen and oxygen atoms in total. The van der Waals surface area contributed by atoms with Gasteiger partial charge in [-0.25, -0.2) is 0 Å².